The van der Waals surface area contributed by atoms with Gasteiger partial charge in [-0.15, -0.1) is 0 Å². The molecule has 0 spiro atoms. The Balaban J connectivity index is 1.52. The third-order valence-corrected chi connectivity index (χ3v) is 4.64. The fraction of sp³-hybridized carbons (Fsp3) is 0.941. The number of carbonyl (C=O) groups is 1. The Morgan fingerprint density at radius 3 is 2.48 bits per heavy atom. The monoisotopic (exact) mass is 298 g/mol. The zero-order valence-corrected chi connectivity index (χ0v) is 13.4. The quantitative estimate of drug-likeness (QED) is 0.279. The van der Waals surface area contributed by atoms with Gasteiger partial charge in [-0.2, -0.15) is 0 Å². The Morgan fingerprint density at radius 1 is 1.14 bits per heavy atom. The van der Waals surface area contributed by atoms with Gasteiger partial charge in [-0.25, -0.2) is 4.79 Å². The van der Waals surface area contributed by atoms with Crippen LogP contribution in [0.5, 0.6) is 0 Å². The lowest BCUT2D eigenvalue weighted by atomic mass is 9.93. The average Bonchev–Trinajstić information content (AvgIpc) is 3.24. The van der Waals surface area contributed by atoms with Crippen molar-refractivity contribution in [3.8, 4) is 0 Å². The van der Waals surface area contributed by atoms with E-state index >= 15 is 0 Å². The smallest absolute Gasteiger partial charge is 0.435 e. The van der Waals surface area contributed by atoms with E-state index in [-0.39, 0.29) is 0 Å². The molecule has 1 heterocycles. The van der Waals surface area contributed by atoms with Crippen LogP contribution < -0.4 is 0 Å². The topological polar surface area (TPSA) is 48.1 Å². The van der Waals surface area contributed by atoms with Crippen LogP contribution in [0.2, 0.25) is 0 Å². The maximum absolute atomic E-state index is 11.3. The highest BCUT2D eigenvalue weighted by Gasteiger charge is 2.49. The van der Waals surface area contributed by atoms with Gasteiger partial charge in [0.25, 0.3) is 0 Å². The molecule has 0 N–H and O–H groups in total. The van der Waals surface area contributed by atoms with Crippen LogP contribution in [0.25, 0.3) is 0 Å². The zero-order valence-electron chi connectivity index (χ0n) is 13.4. The summed E-state index contributed by atoms with van der Waals surface area (Å²) >= 11 is 0. The maximum Gasteiger partial charge on any atom is 0.510 e. The molecule has 4 heteroatoms. The van der Waals surface area contributed by atoms with Crippen molar-refractivity contribution in [1.82, 2.24) is 0 Å². The van der Waals surface area contributed by atoms with Crippen LogP contribution in [0.4, 0.5) is 4.79 Å². The van der Waals surface area contributed by atoms with E-state index in [1.807, 2.05) is 0 Å². The van der Waals surface area contributed by atoms with E-state index in [1.165, 1.54) is 57.8 Å². The molecule has 1 atom stereocenters. The van der Waals surface area contributed by atoms with E-state index in [4.69, 9.17) is 14.2 Å². The minimum atomic E-state index is -0.658. The first-order valence-electron chi connectivity index (χ1n) is 8.74. The number of unbranched alkanes of at least 4 members (excludes halogenated alkanes) is 2. The van der Waals surface area contributed by atoms with Crippen molar-refractivity contribution in [3.63, 3.8) is 0 Å². The summed E-state index contributed by atoms with van der Waals surface area (Å²) in [6, 6.07) is 0. The highest BCUT2D eigenvalue weighted by atomic mass is 16.8. The van der Waals surface area contributed by atoms with Crippen molar-refractivity contribution in [1.29, 1.82) is 0 Å². The van der Waals surface area contributed by atoms with Crippen molar-refractivity contribution in [2.24, 2.45) is 5.92 Å². The van der Waals surface area contributed by atoms with Crippen molar-refractivity contribution >= 4 is 6.16 Å². The predicted octanol–water partition coefficient (Wildman–Crippen LogP) is 4.81. The number of ether oxygens (including phenoxy) is 3. The van der Waals surface area contributed by atoms with Gasteiger partial charge in [-0.05, 0) is 19.3 Å². The minimum absolute atomic E-state index is 0.344. The Hall–Kier alpha value is -0.770. The predicted molar refractivity (Wildman–Crippen MR) is 81.1 cm³/mol. The van der Waals surface area contributed by atoms with Crippen LogP contribution in [-0.4, -0.2) is 25.2 Å². The molecule has 1 unspecified atom stereocenters. The van der Waals surface area contributed by atoms with Crippen LogP contribution in [0.1, 0.15) is 77.6 Å². The van der Waals surface area contributed by atoms with Gasteiger partial charge in [-0.1, -0.05) is 57.8 Å². The van der Waals surface area contributed by atoms with E-state index in [0.29, 0.717) is 13.2 Å². The maximum atomic E-state index is 11.3. The van der Waals surface area contributed by atoms with E-state index < -0.39 is 11.9 Å². The molecule has 1 saturated heterocycles. The van der Waals surface area contributed by atoms with Gasteiger partial charge >= 0.3 is 6.16 Å². The van der Waals surface area contributed by atoms with Gasteiger partial charge in [0.15, 0.2) is 0 Å². The van der Waals surface area contributed by atoms with E-state index in [1.54, 1.807) is 6.92 Å². The second-order valence-electron chi connectivity index (χ2n) is 6.44. The molecule has 1 saturated carbocycles. The van der Waals surface area contributed by atoms with E-state index in [0.717, 1.165) is 18.8 Å². The normalized spacial score (nSPS) is 26.1. The van der Waals surface area contributed by atoms with Crippen molar-refractivity contribution in [2.45, 2.75) is 83.3 Å². The molecule has 0 aromatic heterocycles. The molecule has 0 radical (unpaired) electrons. The molecule has 2 aliphatic rings. The fourth-order valence-corrected chi connectivity index (χ4v) is 3.29. The summed E-state index contributed by atoms with van der Waals surface area (Å²) in [5.41, 5.74) is 0. The summed E-state index contributed by atoms with van der Waals surface area (Å²) in [6.45, 7) is 2.64. The zero-order chi connectivity index (χ0) is 15.0. The van der Waals surface area contributed by atoms with Crippen molar-refractivity contribution < 1.29 is 19.0 Å². The summed E-state index contributed by atoms with van der Waals surface area (Å²) in [5, 5.41) is 0. The third-order valence-electron chi connectivity index (χ3n) is 4.64. The van der Waals surface area contributed by atoms with Gasteiger partial charge in [0.05, 0.1) is 6.61 Å². The Bertz CT molecular complexity index is 304. The molecular weight excluding hydrogens is 268 g/mol. The molecule has 0 amide bonds. The molecule has 1 aliphatic carbocycles. The number of hydrogen-bond donors (Lipinski definition) is 0. The van der Waals surface area contributed by atoms with Crippen LogP contribution in [-0.2, 0) is 14.2 Å². The van der Waals surface area contributed by atoms with Crippen molar-refractivity contribution in [3.05, 3.63) is 0 Å². The lowest BCUT2D eigenvalue weighted by Crippen LogP contribution is -2.22. The second-order valence-corrected chi connectivity index (χ2v) is 6.44. The van der Waals surface area contributed by atoms with Crippen LogP contribution in [0.3, 0.4) is 0 Å². The van der Waals surface area contributed by atoms with Gasteiger partial charge in [0, 0.05) is 6.42 Å². The SMILES string of the molecule is CCOC(=O)OC1(CCCCCC2CCCCCC2)CO1. The van der Waals surface area contributed by atoms with E-state index in [9.17, 15) is 4.79 Å². The molecular formula is C17H30O4. The Morgan fingerprint density at radius 2 is 1.86 bits per heavy atom. The number of epoxide rings is 1. The molecule has 1 aliphatic heterocycles. The molecule has 2 fully saturated rings. The summed E-state index contributed by atoms with van der Waals surface area (Å²) < 4.78 is 15.3. The van der Waals surface area contributed by atoms with E-state index in [2.05, 4.69) is 0 Å². The molecule has 2 rings (SSSR count). The summed E-state index contributed by atoms with van der Waals surface area (Å²) in [5.74, 6) is 0.295. The largest absolute Gasteiger partial charge is 0.510 e. The molecule has 0 aromatic rings. The number of carbonyl (C=O) groups excluding carboxylic acids is 1. The third kappa shape index (κ3) is 6.25. The van der Waals surface area contributed by atoms with Gasteiger partial charge in [-0.3, -0.25) is 0 Å². The lowest BCUT2D eigenvalue weighted by Gasteiger charge is -2.15. The summed E-state index contributed by atoms with van der Waals surface area (Å²) in [6.07, 6.45) is 13.7. The number of hydrogen-bond acceptors (Lipinski definition) is 4. The molecule has 4 nitrogen and oxygen atoms in total. The lowest BCUT2D eigenvalue weighted by molar-refractivity contribution is -0.0381. The first-order valence-corrected chi connectivity index (χ1v) is 8.74. The molecule has 0 bridgehead atoms. The second kappa shape index (κ2) is 8.62. The van der Waals surface area contributed by atoms with Gasteiger partial charge in [0.1, 0.15) is 6.61 Å². The standard InChI is InChI=1S/C17H30O4/c1-2-19-16(18)21-17(14-20-17)13-9-5-8-12-15-10-6-3-4-7-11-15/h15H,2-14H2,1H3. The highest BCUT2D eigenvalue weighted by molar-refractivity contribution is 5.60. The number of rotatable bonds is 8. The highest BCUT2D eigenvalue weighted by Crippen LogP contribution is 2.35. The Kier molecular flexibility index (Phi) is 6.81. The first kappa shape index (κ1) is 16.6. The Labute approximate surface area is 128 Å². The summed E-state index contributed by atoms with van der Waals surface area (Å²) in [7, 11) is 0. The minimum Gasteiger partial charge on any atom is -0.435 e. The molecule has 122 valence electrons. The van der Waals surface area contributed by atoms with Crippen molar-refractivity contribution in [2.75, 3.05) is 13.2 Å². The summed E-state index contributed by atoms with van der Waals surface area (Å²) in [4.78, 5) is 11.3. The van der Waals surface area contributed by atoms with Crippen LogP contribution in [0.15, 0.2) is 0 Å². The first-order chi connectivity index (χ1) is 10.2. The fourth-order valence-electron chi connectivity index (χ4n) is 3.29. The van der Waals surface area contributed by atoms with Crippen LogP contribution in [0, 0.1) is 5.92 Å². The van der Waals surface area contributed by atoms with Crippen LogP contribution >= 0.6 is 0 Å². The molecule has 21 heavy (non-hydrogen) atoms. The van der Waals surface area contributed by atoms with Gasteiger partial charge in [0.2, 0.25) is 5.79 Å². The van der Waals surface area contributed by atoms with Gasteiger partial charge < -0.3 is 14.2 Å². The average molecular weight is 298 g/mol. The molecule has 0 aromatic carbocycles.